The maximum absolute atomic E-state index is 12.1. The molecule has 1 saturated carbocycles. The summed E-state index contributed by atoms with van der Waals surface area (Å²) in [5, 5.41) is 3.66. The molecule has 22 heavy (non-hydrogen) atoms. The fourth-order valence-corrected chi connectivity index (χ4v) is 4.90. The van der Waals surface area contributed by atoms with Gasteiger partial charge in [0.25, 0.3) is 0 Å². The van der Waals surface area contributed by atoms with Crippen molar-refractivity contribution < 1.29 is 17.9 Å². The van der Waals surface area contributed by atoms with Gasteiger partial charge < -0.3 is 4.74 Å². The molecule has 0 amide bonds. The van der Waals surface area contributed by atoms with E-state index in [-0.39, 0.29) is 18.3 Å². The van der Waals surface area contributed by atoms with E-state index in [0.29, 0.717) is 12.3 Å². The van der Waals surface area contributed by atoms with Crippen molar-refractivity contribution >= 4 is 27.3 Å². The lowest BCUT2D eigenvalue weighted by molar-refractivity contribution is -0.145. The Bertz CT molecular complexity index is 562. The molecule has 1 aromatic heterocycles. The highest BCUT2D eigenvalue weighted by Gasteiger charge is 2.27. The van der Waals surface area contributed by atoms with Crippen molar-refractivity contribution in [1.82, 2.24) is 4.72 Å². The minimum absolute atomic E-state index is 0.0478. The second-order valence-corrected chi connectivity index (χ2v) is 8.43. The van der Waals surface area contributed by atoms with E-state index in [1.54, 1.807) is 6.07 Å². The summed E-state index contributed by atoms with van der Waals surface area (Å²) in [6, 6.07) is 1.79. The normalized spacial score (nSPS) is 17.5. The third-order valence-corrected chi connectivity index (χ3v) is 6.17. The van der Waals surface area contributed by atoms with Crippen LogP contribution in [0, 0.1) is 11.8 Å². The van der Waals surface area contributed by atoms with Crippen LogP contribution < -0.4 is 4.72 Å². The van der Waals surface area contributed by atoms with Crippen molar-refractivity contribution in [3.05, 3.63) is 22.4 Å². The predicted molar refractivity (Wildman–Crippen MR) is 87.0 cm³/mol. The minimum atomic E-state index is -3.43. The summed E-state index contributed by atoms with van der Waals surface area (Å²) in [6.45, 7) is 0.121. The van der Waals surface area contributed by atoms with Gasteiger partial charge in [-0.15, -0.1) is 0 Å². The number of thiophene rings is 1. The molecule has 0 spiro atoms. The monoisotopic (exact) mass is 345 g/mol. The van der Waals surface area contributed by atoms with E-state index in [0.717, 1.165) is 18.4 Å². The quantitative estimate of drug-likeness (QED) is 0.735. The van der Waals surface area contributed by atoms with Crippen LogP contribution in [0.1, 0.15) is 37.7 Å². The topological polar surface area (TPSA) is 72.5 Å². The zero-order valence-corrected chi connectivity index (χ0v) is 14.4. The molecule has 1 unspecified atom stereocenters. The number of esters is 1. The van der Waals surface area contributed by atoms with E-state index in [2.05, 4.69) is 4.72 Å². The van der Waals surface area contributed by atoms with Gasteiger partial charge in [-0.05, 0) is 34.7 Å². The number of carbonyl (C=O) groups is 1. The van der Waals surface area contributed by atoms with E-state index in [1.165, 1.54) is 31.3 Å². The molecular weight excluding hydrogens is 322 g/mol. The second-order valence-electron chi connectivity index (χ2n) is 5.85. The van der Waals surface area contributed by atoms with Gasteiger partial charge in [-0.25, -0.2) is 13.1 Å². The summed E-state index contributed by atoms with van der Waals surface area (Å²) < 4.78 is 31.6. The van der Waals surface area contributed by atoms with Crippen molar-refractivity contribution in [2.75, 3.05) is 13.7 Å². The molecule has 1 atom stereocenters. The Morgan fingerprint density at radius 3 is 2.77 bits per heavy atom. The van der Waals surface area contributed by atoms with Crippen molar-refractivity contribution in [3.63, 3.8) is 0 Å². The lowest BCUT2D eigenvalue weighted by Gasteiger charge is -2.19. The van der Waals surface area contributed by atoms with Crippen LogP contribution >= 0.6 is 11.3 Å². The van der Waals surface area contributed by atoms with Crippen molar-refractivity contribution in [1.29, 1.82) is 0 Å². The van der Waals surface area contributed by atoms with Gasteiger partial charge in [-0.3, -0.25) is 4.79 Å². The van der Waals surface area contributed by atoms with Gasteiger partial charge in [0.2, 0.25) is 10.0 Å². The number of sulfonamides is 1. The van der Waals surface area contributed by atoms with Gasteiger partial charge in [0, 0.05) is 6.54 Å². The fourth-order valence-electron chi connectivity index (χ4n) is 2.95. The smallest absolute Gasteiger partial charge is 0.309 e. The van der Waals surface area contributed by atoms with Crippen LogP contribution in [0.2, 0.25) is 0 Å². The third-order valence-electron chi connectivity index (χ3n) is 4.11. The molecule has 1 aliphatic rings. The van der Waals surface area contributed by atoms with Crippen molar-refractivity contribution in [3.8, 4) is 0 Å². The maximum Gasteiger partial charge on any atom is 0.309 e. The van der Waals surface area contributed by atoms with Crippen LogP contribution in [-0.2, 0) is 25.3 Å². The summed E-state index contributed by atoms with van der Waals surface area (Å²) in [6.07, 6.45) is 5.34. The molecule has 1 heterocycles. The number of nitrogens with one attached hydrogen (secondary N) is 1. The average molecular weight is 345 g/mol. The first-order valence-corrected chi connectivity index (χ1v) is 10.2. The number of ether oxygens (including phenoxy) is 1. The highest BCUT2D eigenvalue weighted by Crippen LogP contribution is 2.30. The number of hydrogen-bond acceptors (Lipinski definition) is 5. The molecule has 0 saturated heterocycles. The van der Waals surface area contributed by atoms with Gasteiger partial charge in [0.15, 0.2) is 0 Å². The van der Waals surface area contributed by atoms with Gasteiger partial charge in [0.05, 0.1) is 18.8 Å². The van der Waals surface area contributed by atoms with Gasteiger partial charge >= 0.3 is 5.97 Å². The molecule has 1 fully saturated rings. The van der Waals surface area contributed by atoms with E-state index in [4.69, 9.17) is 4.74 Å². The Hall–Kier alpha value is -0.920. The molecule has 1 aromatic rings. The minimum Gasteiger partial charge on any atom is -0.469 e. The van der Waals surface area contributed by atoms with Crippen molar-refractivity contribution in [2.24, 2.45) is 11.8 Å². The molecular formula is C15H23NO4S2. The Kier molecular flexibility index (Phi) is 6.40. The standard InChI is InChI=1S/C15H23NO4S2/c1-20-15(17)14(8-12-4-2-3-5-12)9-16-22(18,19)11-13-6-7-21-10-13/h6-7,10,12,14,16H,2-5,8-9,11H2,1H3. The number of rotatable bonds is 8. The second kappa shape index (κ2) is 8.08. The number of methoxy groups -OCH3 is 1. The first-order chi connectivity index (χ1) is 10.5. The van der Waals surface area contributed by atoms with Crippen LogP contribution in [0.15, 0.2) is 16.8 Å². The SMILES string of the molecule is COC(=O)C(CNS(=O)(=O)Cc1ccsc1)CC1CCCC1. The Morgan fingerprint density at radius 1 is 1.45 bits per heavy atom. The van der Waals surface area contributed by atoms with Crippen LogP contribution in [0.25, 0.3) is 0 Å². The molecule has 1 N–H and O–H groups in total. The van der Waals surface area contributed by atoms with E-state index >= 15 is 0 Å². The molecule has 2 rings (SSSR count). The molecule has 7 heteroatoms. The Labute approximate surface area is 136 Å². The summed E-state index contributed by atoms with van der Waals surface area (Å²) >= 11 is 1.47. The highest BCUT2D eigenvalue weighted by molar-refractivity contribution is 7.88. The van der Waals surface area contributed by atoms with Crippen LogP contribution in [0.3, 0.4) is 0 Å². The third kappa shape index (κ3) is 5.37. The Morgan fingerprint density at radius 2 is 2.18 bits per heavy atom. The van der Waals surface area contributed by atoms with Gasteiger partial charge in [-0.2, -0.15) is 11.3 Å². The van der Waals surface area contributed by atoms with Gasteiger partial charge in [-0.1, -0.05) is 25.7 Å². The summed E-state index contributed by atoms with van der Waals surface area (Å²) in [5.74, 6) is -0.269. The zero-order chi connectivity index (χ0) is 16.0. The molecule has 0 aromatic carbocycles. The van der Waals surface area contributed by atoms with Crippen LogP contribution in [0.4, 0.5) is 0 Å². The Balaban J connectivity index is 1.90. The van der Waals surface area contributed by atoms with Crippen LogP contribution in [-0.4, -0.2) is 28.0 Å². The van der Waals surface area contributed by atoms with Gasteiger partial charge in [0.1, 0.15) is 0 Å². The first-order valence-electron chi connectivity index (χ1n) is 7.56. The lowest BCUT2D eigenvalue weighted by Crippen LogP contribution is -2.35. The molecule has 0 bridgehead atoms. The van der Waals surface area contributed by atoms with E-state index < -0.39 is 15.9 Å². The average Bonchev–Trinajstić information content (AvgIpc) is 3.15. The molecule has 124 valence electrons. The van der Waals surface area contributed by atoms with Crippen molar-refractivity contribution in [2.45, 2.75) is 37.9 Å². The predicted octanol–water partition coefficient (Wildman–Crippen LogP) is 2.54. The van der Waals surface area contributed by atoms with E-state index in [1.807, 2.05) is 10.8 Å². The molecule has 0 radical (unpaired) electrons. The first kappa shape index (κ1) is 17.4. The largest absolute Gasteiger partial charge is 0.469 e. The van der Waals surface area contributed by atoms with Crippen LogP contribution in [0.5, 0.6) is 0 Å². The molecule has 0 aliphatic heterocycles. The summed E-state index contributed by atoms with van der Waals surface area (Å²) in [4.78, 5) is 11.9. The molecule has 5 nitrogen and oxygen atoms in total. The zero-order valence-electron chi connectivity index (χ0n) is 12.8. The number of hydrogen-bond donors (Lipinski definition) is 1. The summed E-state index contributed by atoms with van der Waals surface area (Å²) in [7, 11) is -2.08. The van der Waals surface area contributed by atoms with E-state index in [9.17, 15) is 13.2 Å². The highest BCUT2D eigenvalue weighted by atomic mass is 32.2. The maximum atomic E-state index is 12.1. The summed E-state index contributed by atoms with van der Waals surface area (Å²) in [5.41, 5.74) is 0.767. The fraction of sp³-hybridized carbons (Fsp3) is 0.667. The molecule has 1 aliphatic carbocycles. The lowest BCUT2D eigenvalue weighted by atomic mass is 9.93. The number of carbonyl (C=O) groups excluding carboxylic acids is 1.